The van der Waals surface area contributed by atoms with Crippen LogP contribution in [-0.4, -0.2) is 37.0 Å². The van der Waals surface area contributed by atoms with Crippen LogP contribution >= 0.6 is 0 Å². The van der Waals surface area contributed by atoms with Gasteiger partial charge in [0.15, 0.2) is 5.03 Å². The van der Waals surface area contributed by atoms with Crippen LogP contribution in [0.3, 0.4) is 0 Å². The third-order valence-corrected chi connectivity index (χ3v) is 6.08. The van der Waals surface area contributed by atoms with Crippen LogP contribution < -0.4 is 14.2 Å². The van der Waals surface area contributed by atoms with Gasteiger partial charge in [0.25, 0.3) is 15.9 Å². The van der Waals surface area contributed by atoms with Gasteiger partial charge in [-0.1, -0.05) is 32.6 Å². The van der Waals surface area contributed by atoms with E-state index in [0.717, 1.165) is 0 Å². The minimum Gasteiger partial charge on any atom is -0.493 e. The Morgan fingerprint density at radius 1 is 1.14 bits per heavy atom. The molecule has 0 aliphatic carbocycles. The van der Waals surface area contributed by atoms with Gasteiger partial charge >= 0.3 is 0 Å². The first kappa shape index (κ1) is 26.8. The standard InChI is InChI=1S/C26H28FN3O5S/c1-6-18(5)35-26-22(25(31)30-36(32,33)24-9-7-8-17(4)28-24)10-11-23(29-26)19-12-20(27)14-21(13-19)34-15-16(2)3/h6-14,16,18H,1,15H2,2-5H3,(H,30,31). The number of rotatable bonds is 10. The van der Waals surface area contributed by atoms with Crippen LogP contribution in [0.5, 0.6) is 11.6 Å². The fourth-order valence-electron chi connectivity index (χ4n) is 3.04. The van der Waals surface area contributed by atoms with E-state index in [2.05, 4.69) is 16.5 Å². The van der Waals surface area contributed by atoms with E-state index in [4.69, 9.17) is 9.47 Å². The number of carbonyl (C=O) groups excluding carboxylic acids is 1. The van der Waals surface area contributed by atoms with Crippen molar-refractivity contribution in [2.75, 3.05) is 6.61 Å². The van der Waals surface area contributed by atoms with E-state index >= 15 is 0 Å². The third kappa shape index (κ3) is 6.88. The number of nitrogens with one attached hydrogen (secondary N) is 1. The Bertz CT molecular complexity index is 1380. The molecule has 190 valence electrons. The van der Waals surface area contributed by atoms with Crippen molar-refractivity contribution in [1.82, 2.24) is 14.7 Å². The van der Waals surface area contributed by atoms with Gasteiger partial charge in [-0.15, -0.1) is 0 Å². The number of amides is 1. The molecule has 1 unspecified atom stereocenters. The first-order valence-electron chi connectivity index (χ1n) is 11.2. The van der Waals surface area contributed by atoms with Crippen LogP contribution in [0.1, 0.15) is 36.8 Å². The molecule has 1 amide bonds. The molecule has 0 bridgehead atoms. The highest BCUT2D eigenvalue weighted by Crippen LogP contribution is 2.28. The molecule has 36 heavy (non-hydrogen) atoms. The predicted molar refractivity (Wildman–Crippen MR) is 134 cm³/mol. The Balaban J connectivity index is 1.98. The average Bonchev–Trinajstić information content (AvgIpc) is 2.82. The molecular formula is C26H28FN3O5S. The number of nitrogens with zero attached hydrogens (tertiary/aromatic N) is 2. The number of ether oxygens (including phenoxy) is 2. The lowest BCUT2D eigenvalue weighted by Crippen LogP contribution is -2.32. The number of hydrogen-bond acceptors (Lipinski definition) is 7. The summed E-state index contributed by atoms with van der Waals surface area (Å²) in [6.45, 7) is 11.3. The zero-order chi connectivity index (χ0) is 26.5. The summed E-state index contributed by atoms with van der Waals surface area (Å²) in [5.41, 5.74) is 1.05. The number of sulfonamides is 1. The molecule has 2 heterocycles. The van der Waals surface area contributed by atoms with Gasteiger partial charge in [-0.05, 0) is 56.2 Å². The predicted octanol–water partition coefficient (Wildman–Crippen LogP) is 4.70. The maximum absolute atomic E-state index is 14.3. The zero-order valence-corrected chi connectivity index (χ0v) is 21.3. The van der Waals surface area contributed by atoms with Crippen molar-refractivity contribution in [3.63, 3.8) is 0 Å². The molecular weight excluding hydrogens is 485 g/mol. The molecule has 0 fully saturated rings. The minimum atomic E-state index is -4.25. The Kier molecular flexibility index (Phi) is 8.41. The summed E-state index contributed by atoms with van der Waals surface area (Å²) in [6.07, 6.45) is 0.940. The fourth-order valence-corrected chi connectivity index (χ4v) is 4.02. The van der Waals surface area contributed by atoms with Gasteiger partial charge < -0.3 is 9.47 Å². The van der Waals surface area contributed by atoms with Gasteiger partial charge in [0.05, 0.1) is 12.3 Å². The van der Waals surface area contributed by atoms with E-state index < -0.39 is 27.9 Å². The number of carbonyl (C=O) groups is 1. The molecule has 0 radical (unpaired) electrons. The third-order valence-electron chi connectivity index (χ3n) is 4.85. The quantitative estimate of drug-likeness (QED) is 0.392. The lowest BCUT2D eigenvalue weighted by atomic mass is 10.1. The summed E-state index contributed by atoms with van der Waals surface area (Å²) in [6, 6.07) is 11.5. The zero-order valence-electron chi connectivity index (χ0n) is 20.5. The Hall–Kier alpha value is -3.79. The molecule has 1 N–H and O–H groups in total. The summed E-state index contributed by atoms with van der Waals surface area (Å²) < 4.78 is 53.1. The van der Waals surface area contributed by atoms with E-state index in [9.17, 15) is 17.6 Å². The normalized spacial score (nSPS) is 12.2. The second-order valence-electron chi connectivity index (χ2n) is 8.54. The van der Waals surface area contributed by atoms with E-state index in [1.165, 1.54) is 42.5 Å². The highest BCUT2D eigenvalue weighted by molar-refractivity contribution is 7.90. The van der Waals surface area contributed by atoms with Crippen molar-refractivity contribution in [2.45, 2.75) is 38.8 Å². The van der Waals surface area contributed by atoms with Crippen molar-refractivity contribution in [2.24, 2.45) is 5.92 Å². The van der Waals surface area contributed by atoms with Crippen molar-refractivity contribution in [3.8, 4) is 22.9 Å². The Labute approximate surface area is 210 Å². The molecule has 8 nitrogen and oxygen atoms in total. The first-order valence-corrected chi connectivity index (χ1v) is 12.7. The average molecular weight is 514 g/mol. The van der Waals surface area contributed by atoms with Crippen LogP contribution in [0.15, 0.2) is 66.2 Å². The Morgan fingerprint density at radius 3 is 2.56 bits per heavy atom. The van der Waals surface area contributed by atoms with Gasteiger partial charge in [-0.3, -0.25) is 4.79 Å². The van der Waals surface area contributed by atoms with Gasteiger partial charge in [0, 0.05) is 17.3 Å². The molecule has 0 aliphatic rings. The lowest BCUT2D eigenvalue weighted by molar-refractivity contribution is 0.0975. The minimum absolute atomic E-state index is 0.128. The van der Waals surface area contributed by atoms with Gasteiger partial charge in [-0.25, -0.2) is 19.1 Å². The van der Waals surface area contributed by atoms with Gasteiger partial charge in [-0.2, -0.15) is 8.42 Å². The van der Waals surface area contributed by atoms with Crippen LogP contribution in [0.25, 0.3) is 11.3 Å². The highest BCUT2D eigenvalue weighted by atomic mass is 32.2. The molecule has 0 aliphatic heterocycles. The molecule has 10 heteroatoms. The monoisotopic (exact) mass is 513 g/mol. The number of benzene rings is 1. The van der Waals surface area contributed by atoms with E-state index in [1.807, 2.05) is 18.6 Å². The fraction of sp³-hybridized carbons (Fsp3) is 0.269. The van der Waals surface area contributed by atoms with Crippen molar-refractivity contribution < 1.29 is 27.1 Å². The van der Waals surface area contributed by atoms with Crippen LogP contribution in [-0.2, 0) is 10.0 Å². The number of aromatic nitrogens is 2. The number of halogens is 1. The van der Waals surface area contributed by atoms with Gasteiger partial charge in [0.2, 0.25) is 5.88 Å². The van der Waals surface area contributed by atoms with E-state index in [-0.39, 0.29) is 22.4 Å². The summed E-state index contributed by atoms with van der Waals surface area (Å²) >= 11 is 0. The Morgan fingerprint density at radius 2 is 1.89 bits per heavy atom. The highest BCUT2D eigenvalue weighted by Gasteiger charge is 2.24. The topological polar surface area (TPSA) is 107 Å². The second-order valence-corrected chi connectivity index (χ2v) is 10.2. The first-order chi connectivity index (χ1) is 17.0. The summed E-state index contributed by atoms with van der Waals surface area (Å²) in [4.78, 5) is 21.3. The molecule has 0 spiro atoms. The van der Waals surface area contributed by atoms with Crippen LogP contribution in [0, 0.1) is 18.7 Å². The van der Waals surface area contributed by atoms with Crippen LogP contribution in [0.2, 0.25) is 0 Å². The number of hydrogen-bond donors (Lipinski definition) is 1. The molecule has 0 saturated heterocycles. The molecule has 2 aromatic heterocycles. The largest absolute Gasteiger partial charge is 0.493 e. The molecule has 1 atom stereocenters. The molecule has 3 aromatic rings. The van der Waals surface area contributed by atoms with Crippen molar-refractivity contribution in [1.29, 1.82) is 0 Å². The number of aryl methyl sites for hydroxylation is 1. The number of pyridine rings is 2. The molecule has 0 saturated carbocycles. The SMILES string of the molecule is C=CC(C)Oc1nc(-c2cc(F)cc(OCC(C)C)c2)ccc1C(=O)NS(=O)(=O)c1cccc(C)n1. The summed E-state index contributed by atoms with van der Waals surface area (Å²) in [5.74, 6) is -1.03. The van der Waals surface area contributed by atoms with Crippen molar-refractivity contribution in [3.05, 3.63) is 78.3 Å². The van der Waals surface area contributed by atoms with E-state index in [0.29, 0.717) is 29.3 Å². The maximum atomic E-state index is 14.3. The lowest BCUT2D eigenvalue weighted by Gasteiger charge is -2.16. The molecule has 3 rings (SSSR count). The van der Waals surface area contributed by atoms with Crippen molar-refractivity contribution >= 4 is 15.9 Å². The molecule has 1 aromatic carbocycles. The maximum Gasteiger partial charge on any atom is 0.281 e. The smallest absolute Gasteiger partial charge is 0.281 e. The summed E-state index contributed by atoms with van der Waals surface area (Å²) in [7, 11) is -4.25. The van der Waals surface area contributed by atoms with Crippen LogP contribution in [0.4, 0.5) is 4.39 Å². The summed E-state index contributed by atoms with van der Waals surface area (Å²) in [5, 5.41) is -0.295. The second kappa shape index (κ2) is 11.3. The van der Waals surface area contributed by atoms with Gasteiger partial charge in [0.1, 0.15) is 23.2 Å². The van der Waals surface area contributed by atoms with E-state index in [1.54, 1.807) is 26.0 Å².